The number of aryl methyl sites for hydroxylation is 1. The molecule has 0 fully saturated rings. The number of anilines is 1. The summed E-state index contributed by atoms with van der Waals surface area (Å²) in [4.78, 5) is 15.5. The van der Waals surface area contributed by atoms with Crippen LogP contribution in [0.15, 0.2) is 24.4 Å². The first-order chi connectivity index (χ1) is 9.56. The Bertz CT molecular complexity index is 615. The van der Waals surface area contributed by atoms with Gasteiger partial charge in [-0.15, -0.1) is 10.2 Å². The maximum absolute atomic E-state index is 11.3. The molecule has 2 aromatic heterocycles. The molecule has 0 unspecified atom stereocenters. The topological polar surface area (TPSA) is 93.8 Å². The first-order valence-electron chi connectivity index (χ1n) is 6.04. The number of primary amides is 1. The lowest BCUT2D eigenvalue weighted by Crippen LogP contribution is -2.17. The summed E-state index contributed by atoms with van der Waals surface area (Å²) < 4.78 is 0. The van der Waals surface area contributed by atoms with E-state index in [1.807, 2.05) is 25.3 Å². The molecule has 3 N–H and O–H groups in total. The van der Waals surface area contributed by atoms with E-state index in [9.17, 15) is 4.79 Å². The lowest BCUT2D eigenvalue weighted by molar-refractivity contribution is 0.100. The van der Waals surface area contributed by atoms with Gasteiger partial charge in [0.05, 0.1) is 5.56 Å². The second kappa shape index (κ2) is 6.29. The van der Waals surface area contributed by atoms with Crippen LogP contribution in [-0.4, -0.2) is 27.6 Å². The molecule has 104 valence electrons. The minimum Gasteiger partial charge on any atom is -0.368 e. The van der Waals surface area contributed by atoms with E-state index >= 15 is 0 Å². The lowest BCUT2D eigenvalue weighted by atomic mass is 10.2. The van der Waals surface area contributed by atoms with Crippen molar-refractivity contribution in [2.45, 2.75) is 13.3 Å². The Morgan fingerprint density at radius 2 is 2.20 bits per heavy atom. The third-order valence-corrected chi connectivity index (χ3v) is 2.89. The number of carbonyl (C=O) groups is 1. The van der Waals surface area contributed by atoms with Crippen molar-refractivity contribution in [3.05, 3.63) is 46.4 Å². The van der Waals surface area contributed by atoms with Crippen LogP contribution in [0.5, 0.6) is 0 Å². The molecule has 0 spiro atoms. The van der Waals surface area contributed by atoms with Crippen LogP contribution in [-0.2, 0) is 6.42 Å². The van der Waals surface area contributed by atoms with Gasteiger partial charge in [-0.3, -0.25) is 9.78 Å². The standard InChI is InChI=1S/C13H14ClN5O/c1-8-2-3-9(7-17-8)4-5-16-13-10(12(15)20)6-11(14)18-19-13/h2-3,6-7H,4-5H2,1H3,(H2,15,20)(H,16,19). The average Bonchev–Trinajstić information content (AvgIpc) is 2.42. The fourth-order valence-electron chi connectivity index (χ4n) is 1.66. The molecule has 20 heavy (non-hydrogen) atoms. The monoisotopic (exact) mass is 291 g/mol. The van der Waals surface area contributed by atoms with Crippen LogP contribution in [0.1, 0.15) is 21.6 Å². The third kappa shape index (κ3) is 3.64. The number of hydrogen-bond acceptors (Lipinski definition) is 5. The Kier molecular flexibility index (Phi) is 4.47. The Morgan fingerprint density at radius 3 is 2.85 bits per heavy atom. The molecule has 0 aliphatic heterocycles. The van der Waals surface area contributed by atoms with Crippen molar-refractivity contribution in [3.8, 4) is 0 Å². The van der Waals surface area contributed by atoms with Crippen LogP contribution in [0.25, 0.3) is 0 Å². The average molecular weight is 292 g/mol. The van der Waals surface area contributed by atoms with Gasteiger partial charge in [0.2, 0.25) is 0 Å². The maximum Gasteiger partial charge on any atom is 0.252 e. The van der Waals surface area contributed by atoms with Crippen LogP contribution in [0.4, 0.5) is 5.82 Å². The smallest absolute Gasteiger partial charge is 0.252 e. The fraction of sp³-hybridized carbons (Fsp3) is 0.231. The minimum absolute atomic E-state index is 0.132. The zero-order chi connectivity index (χ0) is 14.5. The number of hydrogen-bond donors (Lipinski definition) is 2. The van der Waals surface area contributed by atoms with Gasteiger partial charge < -0.3 is 11.1 Å². The van der Waals surface area contributed by atoms with E-state index in [4.69, 9.17) is 17.3 Å². The number of nitrogens with one attached hydrogen (secondary N) is 1. The van der Waals surface area contributed by atoms with E-state index in [0.717, 1.165) is 17.7 Å². The van der Waals surface area contributed by atoms with Crippen molar-refractivity contribution in [1.29, 1.82) is 0 Å². The van der Waals surface area contributed by atoms with Gasteiger partial charge in [0.1, 0.15) is 0 Å². The number of nitrogens with two attached hydrogens (primary N) is 1. The van der Waals surface area contributed by atoms with Gasteiger partial charge in [0.15, 0.2) is 11.0 Å². The maximum atomic E-state index is 11.3. The van der Waals surface area contributed by atoms with Gasteiger partial charge in [-0.2, -0.15) is 0 Å². The largest absolute Gasteiger partial charge is 0.368 e. The second-order valence-electron chi connectivity index (χ2n) is 4.28. The summed E-state index contributed by atoms with van der Waals surface area (Å²) in [6.45, 7) is 2.52. The molecular weight excluding hydrogens is 278 g/mol. The molecule has 1 amide bonds. The van der Waals surface area contributed by atoms with Crippen LogP contribution >= 0.6 is 11.6 Å². The summed E-state index contributed by atoms with van der Waals surface area (Å²) in [6, 6.07) is 5.35. The molecule has 0 aliphatic carbocycles. The highest BCUT2D eigenvalue weighted by Gasteiger charge is 2.11. The molecule has 0 aromatic carbocycles. The molecule has 0 saturated heterocycles. The van der Waals surface area contributed by atoms with Crippen molar-refractivity contribution in [2.24, 2.45) is 5.73 Å². The molecule has 0 aliphatic rings. The highest BCUT2D eigenvalue weighted by molar-refractivity contribution is 6.29. The summed E-state index contributed by atoms with van der Waals surface area (Å²) in [5.41, 5.74) is 7.56. The molecule has 7 heteroatoms. The summed E-state index contributed by atoms with van der Waals surface area (Å²) in [5, 5.41) is 10.7. The molecule has 0 saturated carbocycles. The summed E-state index contributed by atoms with van der Waals surface area (Å²) in [6.07, 6.45) is 2.56. The minimum atomic E-state index is -0.596. The highest BCUT2D eigenvalue weighted by atomic mass is 35.5. The molecule has 6 nitrogen and oxygen atoms in total. The quantitative estimate of drug-likeness (QED) is 0.872. The second-order valence-corrected chi connectivity index (χ2v) is 4.67. The molecule has 0 atom stereocenters. The van der Waals surface area contributed by atoms with Crippen molar-refractivity contribution in [1.82, 2.24) is 15.2 Å². The van der Waals surface area contributed by atoms with Crippen molar-refractivity contribution >= 4 is 23.3 Å². The van der Waals surface area contributed by atoms with Gasteiger partial charge in [-0.1, -0.05) is 17.7 Å². The van der Waals surface area contributed by atoms with Gasteiger partial charge >= 0.3 is 0 Å². The van der Waals surface area contributed by atoms with E-state index in [1.54, 1.807) is 0 Å². The van der Waals surface area contributed by atoms with E-state index < -0.39 is 5.91 Å². The fourth-order valence-corrected chi connectivity index (χ4v) is 1.80. The Morgan fingerprint density at radius 1 is 1.40 bits per heavy atom. The number of rotatable bonds is 5. The molecular formula is C13H14ClN5O. The van der Waals surface area contributed by atoms with Gasteiger partial charge in [-0.25, -0.2) is 0 Å². The first kappa shape index (κ1) is 14.2. The normalized spacial score (nSPS) is 10.3. The Labute approximate surface area is 121 Å². The number of carbonyl (C=O) groups excluding carboxylic acids is 1. The van der Waals surface area contributed by atoms with Crippen molar-refractivity contribution in [3.63, 3.8) is 0 Å². The number of nitrogens with zero attached hydrogens (tertiary/aromatic N) is 3. The van der Waals surface area contributed by atoms with Crippen molar-refractivity contribution < 1.29 is 4.79 Å². The molecule has 2 rings (SSSR count). The van der Waals surface area contributed by atoms with Gasteiger partial charge in [0.25, 0.3) is 5.91 Å². The Balaban J connectivity index is 2.00. The molecule has 2 aromatic rings. The Hall–Kier alpha value is -2.21. The number of halogens is 1. The van der Waals surface area contributed by atoms with Crippen LogP contribution in [0.3, 0.4) is 0 Å². The predicted molar refractivity (Wildman–Crippen MR) is 76.7 cm³/mol. The van der Waals surface area contributed by atoms with E-state index in [-0.39, 0.29) is 10.7 Å². The highest BCUT2D eigenvalue weighted by Crippen LogP contribution is 2.14. The molecule has 0 bridgehead atoms. The number of pyridine rings is 1. The number of amides is 1. The third-order valence-electron chi connectivity index (χ3n) is 2.71. The zero-order valence-electron chi connectivity index (χ0n) is 10.9. The lowest BCUT2D eigenvalue weighted by Gasteiger charge is -2.08. The summed E-state index contributed by atoms with van der Waals surface area (Å²) in [7, 11) is 0. The van der Waals surface area contributed by atoms with Crippen LogP contribution in [0.2, 0.25) is 5.15 Å². The predicted octanol–water partition coefficient (Wildman–Crippen LogP) is 1.59. The van der Waals surface area contributed by atoms with Gasteiger partial charge in [0, 0.05) is 18.4 Å². The van der Waals surface area contributed by atoms with E-state index in [2.05, 4.69) is 20.5 Å². The molecule has 0 radical (unpaired) electrons. The number of aromatic nitrogens is 3. The van der Waals surface area contributed by atoms with Crippen LogP contribution < -0.4 is 11.1 Å². The summed E-state index contributed by atoms with van der Waals surface area (Å²) >= 11 is 5.69. The van der Waals surface area contributed by atoms with Gasteiger partial charge in [-0.05, 0) is 31.0 Å². The zero-order valence-corrected chi connectivity index (χ0v) is 11.7. The SMILES string of the molecule is Cc1ccc(CCNc2nnc(Cl)cc2C(N)=O)cn1. The van der Waals surface area contributed by atoms with E-state index in [1.165, 1.54) is 6.07 Å². The first-order valence-corrected chi connectivity index (χ1v) is 6.42. The van der Waals surface area contributed by atoms with E-state index in [0.29, 0.717) is 12.4 Å². The summed E-state index contributed by atoms with van der Waals surface area (Å²) in [5.74, 6) is -0.261. The van der Waals surface area contributed by atoms with Crippen molar-refractivity contribution in [2.75, 3.05) is 11.9 Å². The van der Waals surface area contributed by atoms with Crippen LogP contribution in [0, 0.1) is 6.92 Å². The molecule has 2 heterocycles.